The van der Waals surface area contributed by atoms with Crippen LogP contribution in [0.25, 0.3) is 0 Å². The summed E-state index contributed by atoms with van der Waals surface area (Å²) in [5, 5.41) is 0.0159. The Balaban J connectivity index is 3.08. The van der Waals surface area contributed by atoms with Crippen molar-refractivity contribution in [1.29, 1.82) is 0 Å². The van der Waals surface area contributed by atoms with Gasteiger partial charge in [0.05, 0.1) is 31.0 Å². The number of ketones is 1. The maximum atomic E-state index is 13.8. The summed E-state index contributed by atoms with van der Waals surface area (Å²) in [4.78, 5) is 13.8. The van der Waals surface area contributed by atoms with Gasteiger partial charge in [0, 0.05) is 72.8 Å². The van der Waals surface area contributed by atoms with Crippen molar-refractivity contribution in [3.8, 4) is 0 Å². The molecule has 0 fully saturated rings. The van der Waals surface area contributed by atoms with E-state index in [0.29, 0.717) is 26.1 Å². The van der Waals surface area contributed by atoms with Crippen LogP contribution in [0.5, 0.6) is 0 Å². The van der Waals surface area contributed by atoms with Crippen molar-refractivity contribution in [3.05, 3.63) is 48.0 Å². The van der Waals surface area contributed by atoms with Crippen LogP contribution in [0.3, 0.4) is 0 Å². The van der Waals surface area contributed by atoms with E-state index in [1.807, 2.05) is 31.2 Å². The lowest BCUT2D eigenvalue weighted by Gasteiger charge is -2.42. The Kier molecular flexibility index (Phi) is 21.5. The molecule has 0 unspecified atom stereocenters. The number of hydrogen-bond donors (Lipinski definition) is 0. The van der Waals surface area contributed by atoms with E-state index in [1.54, 1.807) is 41.6 Å². The van der Waals surface area contributed by atoms with Crippen molar-refractivity contribution < 1.29 is 42.4 Å². The first kappa shape index (κ1) is 45.5. The van der Waals surface area contributed by atoms with Crippen LogP contribution in [-0.2, 0) is 49.0 Å². The summed E-state index contributed by atoms with van der Waals surface area (Å²) in [5.74, 6) is -0.219. The van der Waals surface area contributed by atoms with Crippen molar-refractivity contribution >= 4 is 14.1 Å². The number of hydrogen-bond acceptors (Lipinski definition) is 9. The number of benzene rings is 1. The van der Waals surface area contributed by atoms with E-state index in [-0.39, 0.29) is 65.7 Å². The summed E-state index contributed by atoms with van der Waals surface area (Å²) >= 11 is 0. The van der Waals surface area contributed by atoms with E-state index in [4.69, 9.17) is 37.6 Å². The summed E-state index contributed by atoms with van der Waals surface area (Å²) in [6.45, 7) is 20.8. The standard InChI is InChI=1S/C39H70O9Si/c1-28(34(42-9)24-36(47-27-41-8)31(4)35(43-10)25-37(44-11)45-12)20-21-33(40)30(3)38(48-49(13,14)39(5,6)7)29(2)22-23-46-26-32-18-16-15-17-19-32/h15-21,28-31,34-38H,22-27H2,1-14H3/b21-20+/t28-,29+,30-,31-,34+,35+,36+,38+/m0/s1. The SMILES string of the molecule is COCO[C@H](C[C@@H](OC)[C@@H](C)/C=C/C(=O)[C@H](C)[C@H](O[Si](C)(C)C(C)(C)C)[C@H](C)CCOCc1ccccc1)[C@@H](C)[C@@H](CC(OC)OC)OC. The molecule has 0 aliphatic carbocycles. The van der Waals surface area contributed by atoms with Gasteiger partial charge < -0.3 is 37.6 Å². The molecule has 1 aromatic rings. The molecule has 0 bridgehead atoms. The molecule has 9 nitrogen and oxygen atoms in total. The van der Waals surface area contributed by atoms with Crippen LogP contribution < -0.4 is 0 Å². The highest BCUT2D eigenvalue weighted by Crippen LogP contribution is 2.40. The van der Waals surface area contributed by atoms with Gasteiger partial charge in [-0.15, -0.1) is 0 Å². The molecule has 10 heteroatoms. The fourth-order valence-corrected chi connectivity index (χ4v) is 7.17. The van der Waals surface area contributed by atoms with E-state index in [9.17, 15) is 4.79 Å². The van der Waals surface area contributed by atoms with Crippen molar-refractivity contribution in [3.63, 3.8) is 0 Å². The van der Waals surface area contributed by atoms with E-state index in [2.05, 4.69) is 66.8 Å². The molecule has 284 valence electrons. The highest BCUT2D eigenvalue weighted by atomic mass is 28.4. The molecule has 0 aliphatic heterocycles. The molecule has 8 atom stereocenters. The number of allylic oxidation sites excluding steroid dienone is 1. The van der Waals surface area contributed by atoms with Gasteiger partial charge in [-0.25, -0.2) is 0 Å². The smallest absolute Gasteiger partial charge is 0.192 e. The minimum atomic E-state index is -2.16. The fraction of sp³-hybridized carbons (Fsp3) is 0.769. The minimum absolute atomic E-state index is 0.0159. The van der Waals surface area contributed by atoms with Gasteiger partial charge in [-0.05, 0) is 42.1 Å². The van der Waals surface area contributed by atoms with Crippen LogP contribution >= 0.6 is 0 Å². The average Bonchev–Trinajstić information content (AvgIpc) is 3.07. The van der Waals surface area contributed by atoms with E-state index >= 15 is 0 Å². The molecule has 49 heavy (non-hydrogen) atoms. The molecule has 0 aliphatic rings. The highest BCUT2D eigenvalue weighted by molar-refractivity contribution is 6.74. The molecule has 1 aromatic carbocycles. The lowest BCUT2D eigenvalue weighted by Crippen LogP contribution is -2.48. The molecular formula is C39H70O9Si. The summed E-state index contributed by atoms with van der Waals surface area (Å²) in [7, 11) is 6.06. The quantitative estimate of drug-likeness (QED) is 0.0410. The maximum absolute atomic E-state index is 13.8. The largest absolute Gasteiger partial charge is 0.413 e. The first-order chi connectivity index (χ1) is 23.1. The molecule has 1 rings (SSSR count). The topological polar surface area (TPSA) is 90.9 Å². The summed E-state index contributed by atoms with van der Waals surface area (Å²) in [6.07, 6.45) is 4.37. The fourth-order valence-electron chi connectivity index (χ4n) is 5.70. The zero-order valence-corrected chi connectivity index (χ0v) is 34.2. The van der Waals surface area contributed by atoms with Crippen LogP contribution in [0.1, 0.15) is 73.3 Å². The molecule has 0 heterocycles. The molecule has 0 aromatic heterocycles. The predicted molar refractivity (Wildman–Crippen MR) is 199 cm³/mol. The Morgan fingerprint density at radius 3 is 1.98 bits per heavy atom. The second-order valence-corrected chi connectivity index (χ2v) is 19.7. The van der Waals surface area contributed by atoms with Gasteiger partial charge in [0.2, 0.25) is 0 Å². The van der Waals surface area contributed by atoms with Crippen LogP contribution in [0.2, 0.25) is 18.1 Å². The van der Waals surface area contributed by atoms with Gasteiger partial charge in [0.1, 0.15) is 6.79 Å². The molecule has 0 amide bonds. The Bertz CT molecular complexity index is 1040. The van der Waals surface area contributed by atoms with Gasteiger partial charge in [-0.3, -0.25) is 4.79 Å². The number of methoxy groups -OCH3 is 5. The third kappa shape index (κ3) is 15.8. The Labute approximate surface area is 299 Å². The molecule has 0 saturated heterocycles. The number of ether oxygens (including phenoxy) is 7. The second-order valence-electron chi connectivity index (χ2n) is 14.9. The number of carbonyl (C=O) groups is 1. The zero-order valence-electron chi connectivity index (χ0n) is 33.2. The summed E-state index contributed by atoms with van der Waals surface area (Å²) in [6, 6.07) is 10.2. The monoisotopic (exact) mass is 710 g/mol. The van der Waals surface area contributed by atoms with Crippen LogP contribution in [0.15, 0.2) is 42.5 Å². The third-order valence-corrected chi connectivity index (χ3v) is 14.8. The van der Waals surface area contributed by atoms with Gasteiger partial charge in [0.15, 0.2) is 20.4 Å². The van der Waals surface area contributed by atoms with Crippen molar-refractivity contribution in [2.24, 2.45) is 23.7 Å². The van der Waals surface area contributed by atoms with Crippen LogP contribution in [-0.4, -0.2) is 93.8 Å². The lowest BCUT2D eigenvalue weighted by atomic mass is 9.86. The Hall–Kier alpha value is -1.47. The van der Waals surface area contributed by atoms with Gasteiger partial charge in [-0.2, -0.15) is 0 Å². The van der Waals surface area contributed by atoms with Crippen molar-refractivity contribution in [1.82, 2.24) is 0 Å². The first-order valence-electron chi connectivity index (χ1n) is 17.8. The molecular weight excluding hydrogens is 641 g/mol. The second kappa shape index (κ2) is 23.2. The third-order valence-electron chi connectivity index (χ3n) is 10.3. The molecule has 0 radical (unpaired) electrons. The Morgan fingerprint density at radius 1 is 0.837 bits per heavy atom. The molecule has 0 saturated carbocycles. The first-order valence-corrected chi connectivity index (χ1v) is 20.7. The van der Waals surface area contributed by atoms with Gasteiger partial charge in [0.25, 0.3) is 0 Å². The normalized spacial score (nSPS) is 17.9. The predicted octanol–water partition coefficient (Wildman–Crippen LogP) is 8.07. The van der Waals surface area contributed by atoms with E-state index in [1.165, 1.54) is 0 Å². The van der Waals surface area contributed by atoms with Crippen molar-refractivity contribution in [2.75, 3.05) is 48.9 Å². The lowest BCUT2D eigenvalue weighted by molar-refractivity contribution is -0.156. The van der Waals surface area contributed by atoms with Gasteiger partial charge >= 0.3 is 0 Å². The average molecular weight is 711 g/mol. The van der Waals surface area contributed by atoms with Crippen molar-refractivity contribution in [2.45, 2.75) is 123 Å². The number of carbonyl (C=O) groups excluding carboxylic acids is 1. The minimum Gasteiger partial charge on any atom is -0.413 e. The maximum Gasteiger partial charge on any atom is 0.192 e. The molecule has 0 spiro atoms. The summed E-state index contributed by atoms with van der Waals surface area (Å²) in [5.41, 5.74) is 1.15. The van der Waals surface area contributed by atoms with E-state index in [0.717, 1.165) is 12.0 Å². The zero-order chi connectivity index (χ0) is 37.2. The Morgan fingerprint density at radius 2 is 1.45 bits per heavy atom. The summed E-state index contributed by atoms with van der Waals surface area (Å²) < 4.78 is 47.1. The van der Waals surface area contributed by atoms with E-state index < -0.39 is 14.6 Å². The molecule has 0 N–H and O–H groups in total. The van der Waals surface area contributed by atoms with Gasteiger partial charge in [-0.1, -0.05) is 84.9 Å². The number of rotatable bonds is 26. The van der Waals surface area contributed by atoms with Crippen LogP contribution in [0, 0.1) is 23.7 Å². The highest BCUT2D eigenvalue weighted by Gasteiger charge is 2.42. The van der Waals surface area contributed by atoms with Crippen LogP contribution in [0.4, 0.5) is 0 Å².